The topological polar surface area (TPSA) is 66.5 Å². The number of aliphatic hydroxyl groups excluding tert-OH is 1. The molecular formula is C2H8ClNO2. The Morgan fingerprint density at radius 3 is 1.67 bits per heavy atom. The summed E-state index contributed by atoms with van der Waals surface area (Å²) in [7, 11) is 0. The van der Waals surface area contributed by atoms with Gasteiger partial charge in [0.25, 0.3) is 0 Å². The van der Waals surface area contributed by atoms with Crippen molar-refractivity contribution < 1.29 is 9.77 Å². The molecule has 0 saturated heterocycles. The smallest absolute Gasteiger partial charge is 0.0579 e. The third-order valence-corrected chi connectivity index (χ3v) is 0.129. The lowest BCUT2D eigenvalue weighted by atomic mass is 10.8. The van der Waals surface area contributed by atoms with Crippen molar-refractivity contribution in [3.8, 4) is 0 Å². The molecule has 40 valence electrons. The van der Waals surface area contributed by atoms with Crippen LogP contribution in [-0.4, -0.2) is 22.9 Å². The van der Waals surface area contributed by atoms with Crippen molar-refractivity contribution in [1.29, 1.82) is 0 Å². The van der Waals surface area contributed by atoms with E-state index in [9.17, 15) is 0 Å². The van der Waals surface area contributed by atoms with E-state index in [4.69, 9.17) is 15.5 Å². The van der Waals surface area contributed by atoms with E-state index < -0.39 is 0 Å². The van der Waals surface area contributed by atoms with E-state index >= 15 is 0 Å². The number of halogens is 1. The molecule has 0 aliphatic carbocycles. The van der Waals surface area contributed by atoms with Crippen LogP contribution in [0.4, 0.5) is 0 Å². The molecule has 0 atom stereocenters. The van der Waals surface area contributed by atoms with Crippen LogP contribution in [0.25, 0.3) is 0 Å². The standard InChI is InChI=1S/C2H7NO.ClHO/c3-1-2-4;1-2/h4H,1-3H2;2H. The van der Waals surface area contributed by atoms with Crippen molar-refractivity contribution in [2.75, 3.05) is 13.2 Å². The fourth-order valence-corrected chi connectivity index (χ4v) is 0. The number of rotatable bonds is 1. The highest BCUT2D eigenvalue weighted by Gasteiger charge is 1.56. The Kier molecular flexibility index (Phi) is 30.2. The first-order valence-electron chi connectivity index (χ1n) is 1.39. The van der Waals surface area contributed by atoms with Crippen molar-refractivity contribution in [3.05, 3.63) is 0 Å². The molecule has 4 N–H and O–H groups in total. The minimum Gasteiger partial charge on any atom is -0.395 e. The number of hydrogen-bond acceptors (Lipinski definition) is 3. The largest absolute Gasteiger partial charge is 0.395 e. The Bertz CT molecular complexity index is 13.5. The predicted octanol–water partition coefficient (Wildman–Crippen LogP) is -0.930. The van der Waals surface area contributed by atoms with Crippen molar-refractivity contribution in [1.82, 2.24) is 0 Å². The molecule has 0 saturated carbocycles. The Labute approximate surface area is 41.5 Å². The van der Waals surface area contributed by atoms with Crippen LogP contribution in [0.5, 0.6) is 0 Å². The highest BCUT2D eigenvalue weighted by atomic mass is 35.5. The van der Waals surface area contributed by atoms with E-state index in [1.165, 1.54) is 0 Å². The second-order valence-electron chi connectivity index (χ2n) is 0.512. The van der Waals surface area contributed by atoms with Crippen LogP contribution < -0.4 is 5.73 Å². The minimum absolute atomic E-state index is 0.0972. The van der Waals surface area contributed by atoms with Gasteiger partial charge in [-0.25, -0.2) is 0 Å². The Morgan fingerprint density at radius 1 is 1.50 bits per heavy atom. The normalized spacial score (nSPS) is 6.00. The lowest BCUT2D eigenvalue weighted by Gasteiger charge is -1.71. The highest BCUT2D eigenvalue weighted by Crippen LogP contribution is 1.33. The quantitative estimate of drug-likeness (QED) is 0.412. The lowest BCUT2D eigenvalue weighted by Crippen LogP contribution is -2.02. The molecule has 4 heteroatoms. The molecule has 0 heterocycles. The fourth-order valence-electron chi connectivity index (χ4n) is 0. The molecule has 0 unspecified atom stereocenters. The van der Waals surface area contributed by atoms with Gasteiger partial charge in [-0.1, -0.05) is 0 Å². The van der Waals surface area contributed by atoms with Crippen molar-refractivity contribution >= 4 is 11.9 Å². The molecule has 0 radical (unpaired) electrons. The first-order valence-corrected chi connectivity index (χ1v) is 1.73. The zero-order valence-corrected chi connectivity index (χ0v) is 4.02. The molecule has 0 aromatic carbocycles. The van der Waals surface area contributed by atoms with Gasteiger partial charge in [-0.3, -0.25) is 4.66 Å². The zero-order chi connectivity index (χ0) is 5.41. The van der Waals surface area contributed by atoms with Gasteiger partial charge in [-0.05, 0) is 0 Å². The zero-order valence-electron chi connectivity index (χ0n) is 3.26. The minimum atomic E-state index is 0.0972. The van der Waals surface area contributed by atoms with Crippen LogP contribution in [0.1, 0.15) is 0 Å². The summed E-state index contributed by atoms with van der Waals surface area (Å²) >= 11 is 3.64. The average molecular weight is 114 g/mol. The Hall–Kier alpha value is 0.170. The molecule has 3 nitrogen and oxygen atoms in total. The van der Waals surface area contributed by atoms with Gasteiger partial charge in [0, 0.05) is 6.54 Å². The van der Waals surface area contributed by atoms with Crippen LogP contribution in [0, 0.1) is 0 Å². The summed E-state index contributed by atoms with van der Waals surface area (Å²) in [6, 6.07) is 0. The summed E-state index contributed by atoms with van der Waals surface area (Å²) in [6.45, 7) is 0.472. The van der Waals surface area contributed by atoms with Crippen molar-refractivity contribution in [3.63, 3.8) is 0 Å². The van der Waals surface area contributed by atoms with E-state index in [-0.39, 0.29) is 6.61 Å². The summed E-state index contributed by atoms with van der Waals surface area (Å²) in [5.41, 5.74) is 4.78. The van der Waals surface area contributed by atoms with Gasteiger partial charge in [0.2, 0.25) is 0 Å². The van der Waals surface area contributed by atoms with E-state index in [2.05, 4.69) is 11.9 Å². The highest BCUT2D eigenvalue weighted by molar-refractivity contribution is 6.04. The third kappa shape index (κ3) is 30.6. The summed E-state index contributed by atoms with van der Waals surface area (Å²) in [5, 5.41) is 7.75. The SMILES string of the molecule is NCCO.OCl. The van der Waals surface area contributed by atoms with Crippen LogP contribution in [0.15, 0.2) is 0 Å². The van der Waals surface area contributed by atoms with Gasteiger partial charge in [0.05, 0.1) is 18.5 Å². The second-order valence-corrected chi connectivity index (χ2v) is 0.512. The maximum atomic E-state index is 7.75. The maximum Gasteiger partial charge on any atom is 0.0579 e. The fraction of sp³-hybridized carbons (Fsp3) is 1.00. The van der Waals surface area contributed by atoms with Gasteiger partial charge in [-0.15, -0.1) is 0 Å². The molecule has 0 aliphatic heterocycles. The molecule has 0 amide bonds. The first-order chi connectivity index (χ1) is 2.91. The molecule has 0 bridgehead atoms. The van der Waals surface area contributed by atoms with Crippen molar-refractivity contribution in [2.24, 2.45) is 5.73 Å². The van der Waals surface area contributed by atoms with E-state index in [1.807, 2.05) is 0 Å². The number of hydrogen-bond donors (Lipinski definition) is 3. The molecule has 0 aromatic heterocycles. The molecule has 0 aromatic rings. The molecular weight excluding hydrogens is 105 g/mol. The summed E-state index contributed by atoms with van der Waals surface area (Å²) in [4.78, 5) is 0. The number of nitrogens with two attached hydrogens (primary N) is 1. The van der Waals surface area contributed by atoms with Gasteiger partial charge < -0.3 is 10.8 Å². The Morgan fingerprint density at radius 2 is 1.67 bits per heavy atom. The maximum absolute atomic E-state index is 7.75. The Balaban J connectivity index is 0. The molecule has 0 spiro atoms. The van der Waals surface area contributed by atoms with Gasteiger partial charge in [0.1, 0.15) is 0 Å². The van der Waals surface area contributed by atoms with Gasteiger partial charge in [-0.2, -0.15) is 0 Å². The van der Waals surface area contributed by atoms with Crippen LogP contribution in [0.2, 0.25) is 0 Å². The summed E-state index contributed by atoms with van der Waals surface area (Å²) < 4.78 is 6.47. The van der Waals surface area contributed by atoms with Crippen LogP contribution >= 0.6 is 11.9 Å². The van der Waals surface area contributed by atoms with Crippen LogP contribution in [-0.2, 0) is 0 Å². The summed E-state index contributed by atoms with van der Waals surface area (Å²) in [6.07, 6.45) is 0. The van der Waals surface area contributed by atoms with E-state index in [0.29, 0.717) is 6.54 Å². The molecule has 0 aliphatic rings. The summed E-state index contributed by atoms with van der Waals surface area (Å²) in [5.74, 6) is 0. The van der Waals surface area contributed by atoms with Crippen LogP contribution in [0.3, 0.4) is 0 Å². The molecule has 6 heavy (non-hydrogen) atoms. The third-order valence-electron chi connectivity index (χ3n) is 0.129. The van der Waals surface area contributed by atoms with Gasteiger partial charge in [0.15, 0.2) is 0 Å². The average Bonchev–Trinajstić information content (AvgIpc) is 1.72. The monoisotopic (exact) mass is 113 g/mol. The predicted molar refractivity (Wildman–Crippen MR) is 24.2 cm³/mol. The molecule has 0 rings (SSSR count). The van der Waals surface area contributed by atoms with Gasteiger partial charge >= 0.3 is 0 Å². The van der Waals surface area contributed by atoms with E-state index in [1.54, 1.807) is 0 Å². The van der Waals surface area contributed by atoms with E-state index in [0.717, 1.165) is 0 Å². The lowest BCUT2D eigenvalue weighted by molar-refractivity contribution is 0.306. The second kappa shape index (κ2) is 19.1. The first kappa shape index (κ1) is 9.48. The van der Waals surface area contributed by atoms with Crippen molar-refractivity contribution in [2.45, 2.75) is 0 Å². The molecule has 0 fully saturated rings. The number of aliphatic hydroxyl groups is 1.